The van der Waals surface area contributed by atoms with Gasteiger partial charge in [-0.05, 0) is 31.4 Å². The van der Waals surface area contributed by atoms with E-state index in [1.54, 1.807) is 12.1 Å². The van der Waals surface area contributed by atoms with Gasteiger partial charge in [-0.3, -0.25) is 4.79 Å². The van der Waals surface area contributed by atoms with E-state index in [9.17, 15) is 13.2 Å². The summed E-state index contributed by atoms with van der Waals surface area (Å²) in [5, 5.41) is 2.88. The highest BCUT2D eigenvalue weighted by Gasteiger charge is 2.28. The SMILES string of the molecule is CCCCCNC(=O)Cc1ccc(S(=O)(=O)N2CCCC2)s1. The number of thiophene rings is 1. The van der Waals surface area contributed by atoms with Gasteiger partial charge in [-0.1, -0.05) is 19.8 Å². The number of unbranched alkanes of at least 4 members (excludes halogenated alkanes) is 2. The van der Waals surface area contributed by atoms with Crippen LogP contribution in [0.15, 0.2) is 16.3 Å². The molecule has 2 rings (SSSR count). The Kier molecular flexibility index (Phi) is 6.40. The standard InChI is InChI=1S/C15H24N2O3S2/c1-2-3-4-9-16-14(18)12-13-7-8-15(21-13)22(19,20)17-10-5-6-11-17/h7-8H,2-6,9-12H2,1H3,(H,16,18). The Balaban J connectivity index is 1.89. The first-order chi connectivity index (χ1) is 10.5. The van der Waals surface area contributed by atoms with Crippen LogP contribution in [-0.2, 0) is 21.2 Å². The average molecular weight is 345 g/mol. The fourth-order valence-electron chi connectivity index (χ4n) is 2.47. The minimum atomic E-state index is -3.36. The summed E-state index contributed by atoms with van der Waals surface area (Å²) in [7, 11) is -3.36. The molecule has 0 atom stereocenters. The van der Waals surface area contributed by atoms with Gasteiger partial charge in [0.15, 0.2) is 0 Å². The molecular formula is C15H24N2O3S2. The van der Waals surface area contributed by atoms with Crippen LogP contribution in [0.4, 0.5) is 0 Å². The first-order valence-electron chi connectivity index (χ1n) is 7.89. The molecule has 1 aromatic rings. The molecule has 1 aliphatic heterocycles. The first-order valence-corrected chi connectivity index (χ1v) is 10.1. The van der Waals surface area contributed by atoms with E-state index in [4.69, 9.17) is 0 Å². The molecule has 0 aliphatic carbocycles. The maximum absolute atomic E-state index is 12.4. The molecule has 1 amide bonds. The van der Waals surface area contributed by atoms with Crippen LogP contribution in [0, 0.1) is 0 Å². The van der Waals surface area contributed by atoms with Gasteiger partial charge >= 0.3 is 0 Å². The smallest absolute Gasteiger partial charge is 0.252 e. The van der Waals surface area contributed by atoms with Crippen LogP contribution in [-0.4, -0.2) is 38.3 Å². The van der Waals surface area contributed by atoms with Gasteiger partial charge in [-0.25, -0.2) is 8.42 Å². The Bertz CT molecular complexity index is 590. The Labute approximate surface area is 136 Å². The third kappa shape index (κ3) is 4.54. The van der Waals surface area contributed by atoms with Crippen molar-refractivity contribution in [1.82, 2.24) is 9.62 Å². The Morgan fingerprint density at radius 3 is 2.68 bits per heavy atom. The second-order valence-corrected chi connectivity index (χ2v) is 8.90. The van der Waals surface area contributed by atoms with Crippen LogP contribution in [0.25, 0.3) is 0 Å². The van der Waals surface area contributed by atoms with Gasteiger partial charge in [0.2, 0.25) is 5.91 Å². The predicted octanol–water partition coefficient (Wildman–Crippen LogP) is 2.38. The molecule has 0 bridgehead atoms. The molecule has 0 radical (unpaired) electrons. The van der Waals surface area contributed by atoms with Crippen LogP contribution in [0.1, 0.15) is 43.9 Å². The zero-order chi connectivity index (χ0) is 16.0. The molecule has 1 aliphatic rings. The van der Waals surface area contributed by atoms with Gasteiger partial charge in [-0.15, -0.1) is 11.3 Å². The third-order valence-electron chi connectivity index (χ3n) is 3.73. The highest BCUT2D eigenvalue weighted by atomic mass is 32.2. The number of hydrogen-bond acceptors (Lipinski definition) is 4. The highest BCUT2D eigenvalue weighted by Crippen LogP contribution is 2.27. The van der Waals surface area contributed by atoms with E-state index in [0.29, 0.717) is 23.8 Å². The van der Waals surface area contributed by atoms with Crippen LogP contribution >= 0.6 is 11.3 Å². The Morgan fingerprint density at radius 2 is 2.00 bits per heavy atom. The molecule has 1 N–H and O–H groups in total. The van der Waals surface area contributed by atoms with Crippen molar-refractivity contribution >= 4 is 27.3 Å². The summed E-state index contributed by atoms with van der Waals surface area (Å²) in [4.78, 5) is 12.6. The Morgan fingerprint density at radius 1 is 1.27 bits per heavy atom. The van der Waals surface area contributed by atoms with Crippen molar-refractivity contribution in [3.05, 3.63) is 17.0 Å². The Hall–Kier alpha value is -0.920. The zero-order valence-electron chi connectivity index (χ0n) is 13.0. The first kappa shape index (κ1) is 17.4. The van der Waals surface area contributed by atoms with Crippen molar-refractivity contribution in [3.63, 3.8) is 0 Å². The van der Waals surface area contributed by atoms with Crippen molar-refractivity contribution in [3.8, 4) is 0 Å². The number of carbonyl (C=O) groups is 1. The largest absolute Gasteiger partial charge is 0.356 e. The average Bonchev–Trinajstić information content (AvgIpc) is 3.15. The normalized spacial score (nSPS) is 16.0. The van der Waals surface area contributed by atoms with Gasteiger partial charge in [0, 0.05) is 24.5 Å². The topological polar surface area (TPSA) is 66.5 Å². The van der Waals surface area contributed by atoms with E-state index in [1.807, 2.05) is 0 Å². The van der Waals surface area contributed by atoms with Gasteiger partial charge < -0.3 is 5.32 Å². The maximum Gasteiger partial charge on any atom is 0.252 e. The molecule has 1 fully saturated rings. The van der Waals surface area contributed by atoms with Crippen molar-refractivity contribution < 1.29 is 13.2 Å². The highest BCUT2D eigenvalue weighted by molar-refractivity contribution is 7.91. The predicted molar refractivity (Wildman–Crippen MR) is 88.6 cm³/mol. The van der Waals surface area contributed by atoms with E-state index < -0.39 is 10.0 Å². The number of rotatable bonds is 8. The quantitative estimate of drug-likeness (QED) is 0.736. The fourth-order valence-corrected chi connectivity index (χ4v) is 5.50. The summed E-state index contributed by atoms with van der Waals surface area (Å²) in [6.45, 7) is 4.02. The minimum Gasteiger partial charge on any atom is -0.356 e. The van der Waals surface area contributed by atoms with Crippen molar-refractivity contribution in [2.75, 3.05) is 19.6 Å². The molecule has 0 unspecified atom stereocenters. The maximum atomic E-state index is 12.4. The lowest BCUT2D eigenvalue weighted by atomic mass is 10.2. The number of nitrogens with zero attached hydrogens (tertiary/aromatic N) is 1. The molecule has 1 saturated heterocycles. The summed E-state index contributed by atoms with van der Waals surface area (Å²) in [6, 6.07) is 3.37. The van der Waals surface area contributed by atoms with E-state index >= 15 is 0 Å². The molecule has 124 valence electrons. The van der Waals surface area contributed by atoms with Gasteiger partial charge in [-0.2, -0.15) is 4.31 Å². The second kappa shape index (κ2) is 8.08. The van der Waals surface area contributed by atoms with Gasteiger partial charge in [0.25, 0.3) is 10.0 Å². The number of amides is 1. The van der Waals surface area contributed by atoms with Crippen molar-refractivity contribution in [1.29, 1.82) is 0 Å². The van der Waals surface area contributed by atoms with Crippen LogP contribution in [0.2, 0.25) is 0 Å². The van der Waals surface area contributed by atoms with E-state index in [-0.39, 0.29) is 12.3 Å². The van der Waals surface area contributed by atoms with Gasteiger partial charge in [0.1, 0.15) is 4.21 Å². The summed E-state index contributed by atoms with van der Waals surface area (Å²) in [5.41, 5.74) is 0. The molecule has 0 aromatic carbocycles. The fraction of sp³-hybridized carbons (Fsp3) is 0.667. The summed E-state index contributed by atoms with van der Waals surface area (Å²) in [6.07, 6.45) is 5.33. The molecule has 1 aromatic heterocycles. The van der Waals surface area contributed by atoms with E-state index in [2.05, 4.69) is 12.2 Å². The lowest BCUT2D eigenvalue weighted by Crippen LogP contribution is -2.27. The van der Waals surface area contributed by atoms with Crippen molar-refractivity contribution in [2.45, 2.75) is 49.7 Å². The molecule has 7 heteroatoms. The number of carbonyl (C=O) groups excluding carboxylic acids is 1. The zero-order valence-corrected chi connectivity index (χ0v) is 14.6. The number of sulfonamides is 1. The molecule has 22 heavy (non-hydrogen) atoms. The second-order valence-electron chi connectivity index (χ2n) is 5.57. The van der Waals surface area contributed by atoms with E-state index in [1.165, 1.54) is 15.6 Å². The van der Waals surface area contributed by atoms with Gasteiger partial charge in [0.05, 0.1) is 6.42 Å². The molecule has 0 saturated carbocycles. The van der Waals surface area contributed by atoms with Crippen LogP contribution < -0.4 is 5.32 Å². The molecule has 2 heterocycles. The molecule has 5 nitrogen and oxygen atoms in total. The van der Waals surface area contributed by atoms with Crippen LogP contribution in [0.5, 0.6) is 0 Å². The van der Waals surface area contributed by atoms with Crippen molar-refractivity contribution in [2.24, 2.45) is 0 Å². The lowest BCUT2D eigenvalue weighted by Gasteiger charge is -2.13. The summed E-state index contributed by atoms with van der Waals surface area (Å²) < 4.78 is 26.7. The molecule has 0 spiro atoms. The monoisotopic (exact) mass is 344 g/mol. The van der Waals surface area contributed by atoms with E-state index in [0.717, 1.165) is 37.0 Å². The molecular weight excluding hydrogens is 320 g/mol. The summed E-state index contributed by atoms with van der Waals surface area (Å²) >= 11 is 1.21. The number of hydrogen-bond donors (Lipinski definition) is 1. The lowest BCUT2D eigenvalue weighted by molar-refractivity contribution is -0.120. The third-order valence-corrected chi connectivity index (χ3v) is 7.18. The number of nitrogens with one attached hydrogen (secondary N) is 1. The minimum absolute atomic E-state index is 0.0388. The summed E-state index contributed by atoms with van der Waals surface area (Å²) in [5.74, 6) is -0.0388. The van der Waals surface area contributed by atoms with Crippen LogP contribution in [0.3, 0.4) is 0 Å².